The maximum Gasteiger partial charge on any atom is 0.377 e. The Hall–Kier alpha value is -3.55. The van der Waals surface area contributed by atoms with Crippen molar-refractivity contribution in [1.29, 1.82) is 0 Å². The number of aliphatic carboxylic acids is 1. The third-order valence-electron chi connectivity index (χ3n) is 4.63. The first kappa shape index (κ1) is 19.2. The SMILES string of the molecule is O=C(O)C(=O)c1cc(O)cc(Nc2ccccc2C(=O)O)c1N1CCCCC1. The van der Waals surface area contributed by atoms with E-state index in [1.54, 1.807) is 18.2 Å². The molecule has 0 aliphatic carbocycles. The molecule has 0 bridgehead atoms. The Kier molecular flexibility index (Phi) is 5.49. The van der Waals surface area contributed by atoms with Crippen LogP contribution in [0.4, 0.5) is 17.1 Å². The summed E-state index contributed by atoms with van der Waals surface area (Å²) in [6.07, 6.45) is 2.79. The number of nitrogens with zero attached hydrogens (tertiary/aromatic N) is 1. The Morgan fingerprint density at radius 3 is 2.21 bits per heavy atom. The fourth-order valence-electron chi connectivity index (χ4n) is 3.38. The van der Waals surface area contributed by atoms with Crippen LogP contribution in [0, 0.1) is 0 Å². The second-order valence-electron chi connectivity index (χ2n) is 6.55. The largest absolute Gasteiger partial charge is 0.508 e. The number of anilines is 3. The number of carboxylic acids is 2. The summed E-state index contributed by atoms with van der Waals surface area (Å²) >= 11 is 0. The summed E-state index contributed by atoms with van der Waals surface area (Å²) in [6, 6.07) is 8.73. The third kappa shape index (κ3) is 3.90. The van der Waals surface area contributed by atoms with Crippen molar-refractivity contribution in [2.24, 2.45) is 0 Å². The number of carboxylic acid groups (broad SMARTS) is 2. The highest BCUT2D eigenvalue weighted by Gasteiger charge is 2.27. The fourth-order valence-corrected chi connectivity index (χ4v) is 3.38. The number of ketones is 1. The summed E-state index contributed by atoms with van der Waals surface area (Å²) in [7, 11) is 0. The zero-order valence-corrected chi connectivity index (χ0v) is 15.0. The molecule has 1 heterocycles. The number of carbonyl (C=O) groups is 3. The predicted octanol–water partition coefficient (Wildman–Crippen LogP) is 3.09. The van der Waals surface area contributed by atoms with E-state index in [0.717, 1.165) is 25.3 Å². The molecule has 0 atom stereocenters. The normalized spacial score (nSPS) is 13.8. The van der Waals surface area contributed by atoms with Crippen molar-refractivity contribution in [3.05, 3.63) is 47.5 Å². The maximum atomic E-state index is 12.3. The molecule has 2 aromatic rings. The molecule has 1 aliphatic heterocycles. The lowest BCUT2D eigenvalue weighted by Crippen LogP contribution is -2.32. The average molecular weight is 384 g/mol. The molecule has 0 aromatic heterocycles. The Balaban J connectivity index is 2.15. The number of aromatic hydroxyl groups is 1. The summed E-state index contributed by atoms with van der Waals surface area (Å²) in [5.74, 6) is -4.18. The number of Topliss-reactive ketones (excluding diaryl/α,β-unsaturated/α-hetero) is 1. The van der Waals surface area contributed by atoms with Crippen molar-refractivity contribution in [3.8, 4) is 5.75 Å². The van der Waals surface area contributed by atoms with Gasteiger partial charge in [0, 0.05) is 19.2 Å². The van der Waals surface area contributed by atoms with Crippen LogP contribution in [-0.4, -0.2) is 46.1 Å². The summed E-state index contributed by atoms with van der Waals surface area (Å²) in [5.41, 5.74) is 0.782. The van der Waals surface area contributed by atoms with Crippen molar-refractivity contribution in [2.45, 2.75) is 19.3 Å². The average Bonchev–Trinajstić information content (AvgIpc) is 2.67. The standard InChI is InChI=1S/C20H20N2O6/c23-12-10-14(18(24)20(27)28)17(22-8-4-1-5-9-22)16(11-12)21-15-7-3-2-6-13(15)19(25)26/h2-3,6-7,10-11,21,23H,1,4-5,8-9H2,(H,25,26)(H,27,28). The van der Waals surface area contributed by atoms with Gasteiger partial charge < -0.3 is 25.5 Å². The van der Waals surface area contributed by atoms with Crippen molar-refractivity contribution in [3.63, 3.8) is 0 Å². The first-order valence-corrected chi connectivity index (χ1v) is 8.87. The molecule has 0 saturated carbocycles. The number of nitrogens with one attached hydrogen (secondary N) is 1. The molecule has 146 valence electrons. The van der Waals surface area contributed by atoms with Gasteiger partial charge in [0.1, 0.15) is 5.75 Å². The van der Waals surface area contributed by atoms with Gasteiger partial charge in [-0.2, -0.15) is 0 Å². The molecule has 2 aromatic carbocycles. The number of hydrogen-bond donors (Lipinski definition) is 4. The Labute approximate surface area is 161 Å². The first-order chi connectivity index (χ1) is 13.4. The summed E-state index contributed by atoms with van der Waals surface area (Å²) in [6.45, 7) is 1.25. The van der Waals surface area contributed by atoms with E-state index in [1.165, 1.54) is 12.1 Å². The van der Waals surface area contributed by atoms with Gasteiger partial charge in [0.15, 0.2) is 0 Å². The molecular weight excluding hydrogens is 364 g/mol. The van der Waals surface area contributed by atoms with E-state index < -0.39 is 17.7 Å². The predicted molar refractivity (Wildman–Crippen MR) is 103 cm³/mol. The van der Waals surface area contributed by atoms with Crippen LogP contribution in [0.3, 0.4) is 0 Å². The fraction of sp³-hybridized carbons (Fsp3) is 0.250. The van der Waals surface area contributed by atoms with Crippen molar-refractivity contribution in [1.82, 2.24) is 0 Å². The Morgan fingerprint density at radius 1 is 0.893 bits per heavy atom. The number of phenols is 1. The van der Waals surface area contributed by atoms with E-state index in [2.05, 4.69) is 5.32 Å². The van der Waals surface area contributed by atoms with Crippen molar-refractivity contribution < 1.29 is 29.7 Å². The number of benzene rings is 2. The van der Waals surface area contributed by atoms with Crippen LogP contribution < -0.4 is 10.2 Å². The van der Waals surface area contributed by atoms with E-state index >= 15 is 0 Å². The maximum absolute atomic E-state index is 12.3. The summed E-state index contributed by atoms with van der Waals surface area (Å²) < 4.78 is 0. The topological polar surface area (TPSA) is 127 Å². The number of rotatable bonds is 6. The molecule has 0 amide bonds. The van der Waals surface area contributed by atoms with Gasteiger partial charge in [0.05, 0.1) is 28.2 Å². The molecule has 1 saturated heterocycles. The number of aromatic carboxylic acids is 1. The molecule has 0 radical (unpaired) electrons. The summed E-state index contributed by atoms with van der Waals surface area (Å²) in [5, 5.41) is 31.7. The lowest BCUT2D eigenvalue weighted by Gasteiger charge is -2.32. The number of piperidine rings is 1. The third-order valence-corrected chi connectivity index (χ3v) is 4.63. The quantitative estimate of drug-likeness (QED) is 0.442. The van der Waals surface area contributed by atoms with Crippen molar-refractivity contribution in [2.75, 3.05) is 23.3 Å². The van der Waals surface area contributed by atoms with E-state index in [0.29, 0.717) is 18.8 Å². The molecule has 0 unspecified atom stereocenters. The highest BCUT2D eigenvalue weighted by molar-refractivity contribution is 6.41. The number of phenolic OH excluding ortho intramolecular Hbond substituents is 1. The lowest BCUT2D eigenvalue weighted by atomic mass is 10.0. The van der Waals surface area contributed by atoms with Gasteiger partial charge >= 0.3 is 11.9 Å². The van der Waals surface area contributed by atoms with Gasteiger partial charge in [-0.25, -0.2) is 9.59 Å². The van der Waals surface area contributed by atoms with E-state index in [9.17, 15) is 29.7 Å². The van der Waals surface area contributed by atoms with E-state index in [1.807, 2.05) is 4.90 Å². The van der Waals surface area contributed by atoms with Gasteiger partial charge in [-0.3, -0.25) is 4.79 Å². The molecule has 28 heavy (non-hydrogen) atoms. The Bertz CT molecular complexity index is 934. The van der Waals surface area contributed by atoms with Crippen LogP contribution in [0.5, 0.6) is 5.75 Å². The molecule has 4 N–H and O–H groups in total. The highest BCUT2D eigenvalue weighted by atomic mass is 16.4. The zero-order valence-electron chi connectivity index (χ0n) is 15.0. The molecule has 3 rings (SSSR count). The molecule has 1 aliphatic rings. The van der Waals surface area contributed by atoms with Crippen LogP contribution in [0.15, 0.2) is 36.4 Å². The minimum absolute atomic E-state index is 0.0153. The molecule has 8 heteroatoms. The minimum atomic E-state index is -1.62. The second-order valence-corrected chi connectivity index (χ2v) is 6.55. The van der Waals surface area contributed by atoms with Crippen LogP contribution in [0.2, 0.25) is 0 Å². The smallest absolute Gasteiger partial charge is 0.377 e. The molecular formula is C20H20N2O6. The first-order valence-electron chi connectivity index (χ1n) is 8.87. The molecule has 0 spiro atoms. The van der Waals surface area contributed by atoms with Crippen LogP contribution in [0.25, 0.3) is 0 Å². The van der Waals surface area contributed by atoms with Crippen LogP contribution in [0.1, 0.15) is 40.0 Å². The lowest BCUT2D eigenvalue weighted by molar-refractivity contribution is -0.131. The zero-order chi connectivity index (χ0) is 20.3. The van der Waals surface area contributed by atoms with Crippen LogP contribution >= 0.6 is 0 Å². The summed E-state index contributed by atoms with van der Waals surface area (Å²) in [4.78, 5) is 37.0. The van der Waals surface area contributed by atoms with E-state index in [-0.39, 0.29) is 28.3 Å². The number of carbonyl (C=O) groups excluding carboxylic acids is 1. The van der Waals surface area contributed by atoms with Gasteiger partial charge in [-0.1, -0.05) is 12.1 Å². The minimum Gasteiger partial charge on any atom is -0.508 e. The van der Waals surface area contributed by atoms with Gasteiger partial charge in [0.25, 0.3) is 5.78 Å². The van der Waals surface area contributed by atoms with Crippen LogP contribution in [-0.2, 0) is 4.79 Å². The molecule has 1 fully saturated rings. The number of para-hydroxylation sites is 1. The molecule has 8 nitrogen and oxygen atoms in total. The van der Waals surface area contributed by atoms with Gasteiger partial charge in [0.2, 0.25) is 0 Å². The second kappa shape index (κ2) is 7.99. The van der Waals surface area contributed by atoms with Crippen molar-refractivity contribution >= 4 is 34.8 Å². The highest BCUT2D eigenvalue weighted by Crippen LogP contribution is 2.38. The Morgan fingerprint density at radius 2 is 1.57 bits per heavy atom. The van der Waals surface area contributed by atoms with Gasteiger partial charge in [-0.05, 0) is 37.5 Å². The van der Waals surface area contributed by atoms with E-state index in [4.69, 9.17) is 0 Å². The van der Waals surface area contributed by atoms with Gasteiger partial charge in [-0.15, -0.1) is 0 Å². The monoisotopic (exact) mass is 384 g/mol. The number of hydrogen-bond acceptors (Lipinski definition) is 6.